The molecular weight excluding hydrogens is 310 g/mol. The Labute approximate surface area is 118 Å². The van der Waals surface area contributed by atoms with Gasteiger partial charge in [-0.05, 0) is 35.9 Å². The first-order valence-electron chi connectivity index (χ1n) is 5.56. The SMILES string of the molecule is Nc1cc(C(=O)OCc2ccc(Br)cc2)ccc1O. The van der Waals surface area contributed by atoms with Crippen LogP contribution in [-0.2, 0) is 11.3 Å². The molecule has 0 unspecified atom stereocenters. The lowest BCUT2D eigenvalue weighted by Crippen LogP contribution is -2.05. The zero-order chi connectivity index (χ0) is 13.8. The van der Waals surface area contributed by atoms with E-state index in [1.807, 2.05) is 24.3 Å². The van der Waals surface area contributed by atoms with Gasteiger partial charge in [-0.3, -0.25) is 0 Å². The maximum absolute atomic E-state index is 11.8. The van der Waals surface area contributed by atoms with Crippen LogP contribution in [0.25, 0.3) is 0 Å². The van der Waals surface area contributed by atoms with Gasteiger partial charge in [0.25, 0.3) is 0 Å². The van der Waals surface area contributed by atoms with Gasteiger partial charge < -0.3 is 15.6 Å². The second kappa shape index (κ2) is 5.75. The van der Waals surface area contributed by atoms with Crippen LogP contribution in [-0.4, -0.2) is 11.1 Å². The number of benzene rings is 2. The minimum atomic E-state index is -0.477. The summed E-state index contributed by atoms with van der Waals surface area (Å²) >= 11 is 3.33. The Kier molecular flexibility index (Phi) is 4.06. The molecule has 0 radical (unpaired) electrons. The first kappa shape index (κ1) is 13.4. The number of rotatable bonds is 3. The van der Waals surface area contributed by atoms with Crippen molar-refractivity contribution in [2.75, 3.05) is 5.73 Å². The molecule has 0 saturated heterocycles. The molecule has 0 aromatic heterocycles. The van der Waals surface area contributed by atoms with Gasteiger partial charge in [0.05, 0.1) is 11.3 Å². The number of phenols is 1. The van der Waals surface area contributed by atoms with Crippen LogP contribution in [0.3, 0.4) is 0 Å². The quantitative estimate of drug-likeness (QED) is 0.517. The van der Waals surface area contributed by atoms with Crippen molar-refractivity contribution in [3.63, 3.8) is 0 Å². The number of hydrogen-bond acceptors (Lipinski definition) is 4. The van der Waals surface area contributed by atoms with Gasteiger partial charge in [-0.2, -0.15) is 0 Å². The maximum atomic E-state index is 11.8. The van der Waals surface area contributed by atoms with Gasteiger partial charge in [0.1, 0.15) is 12.4 Å². The van der Waals surface area contributed by atoms with Gasteiger partial charge >= 0.3 is 5.97 Å². The van der Waals surface area contributed by atoms with Crippen LogP contribution in [0.5, 0.6) is 5.75 Å². The fourth-order valence-electron chi connectivity index (χ4n) is 1.49. The first-order valence-corrected chi connectivity index (χ1v) is 6.35. The van der Waals surface area contributed by atoms with Crippen molar-refractivity contribution in [2.45, 2.75) is 6.61 Å². The lowest BCUT2D eigenvalue weighted by atomic mass is 10.2. The summed E-state index contributed by atoms with van der Waals surface area (Å²) in [4.78, 5) is 11.8. The number of anilines is 1. The number of esters is 1. The van der Waals surface area contributed by atoms with Gasteiger partial charge in [-0.15, -0.1) is 0 Å². The van der Waals surface area contributed by atoms with E-state index in [0.717, 1.165) is 10.0 Å². The average molecular weight is 322 g/mol. The van der Waals surface area contributed by atoms with E-state index in [1.54, 1.807) is 0 Å². The zero-order valence-corrected chi connectivity index (χ0v) is 11.6. The Morgan fingerprint density at radius 3 is 2.53 bits per heavy atom. The fraction of sp³-hybridized carbons (Fsp3) is 0.0714. The minimum absolute atomic E-state index is 0.0514. The summed E-state index contributed by atoms with van der Waals surface area (Å²) in [6, 6.07) is 11.7. The summed E-state index contributed by atoms with van der Waals surface area (Å²) in [6.45, 7) is 0.187. The largest absolute Gasteiger partial charge is 0.506 e. The van der Waals surface area contributed by atoms with E-state index in [1.165, 1.54) is 18.2 Å². The molecule has 4 nitrogen and oxygen atoms in total. The number of ether oxygens (including phenoxy) is 1. The number of carbonyl (C=O) groups excluding carboxylic acids is 1. The third-order valence-corrected chi connectivity index (χ3v) is 3.08. The highest BCUT2D eigenvalue weighted by Gasteiger charge is 2.09. The van der Waals surface area contributed by atoms with Crippen molar-refractivity contribution in [1.29, 1.82) is 0 Å². The second-order valence-electron chi connectivity index (χ2n) is 3.98. The van der Waals surface area contributed by atoms with Gasteiger partial charge in [-0.25, -0.2) is 4.79 Å². The van der Waals surface area contributed by atoms with Crippen LogP contribution in [0.1, 0.15) is 15.9 Å². The second-order valence-corrected chi connectivity index (χ2v) is 4.89. The summed E-state index contributed by atoms with van der Waals surface area (Å²) in [5, 5.41) is 9.28. The normalized spacial score (nSPS) is 10.2. The predicted molar refractivity (Wildman–Crippen MR) is 75.8 cm³/mol. The Bertz CT molecular complexity index is 596. The van der Waals surface area contributed by atoms with E-state index in [9.17, 15) is 9.90 Å². The number of aromatic hydroxyl groups is 1. The Hall–Kier alpha value is -2.01. The van der Waals surface area contributed by atoms with Crippen molar-refractivity contribution in [3.05, 3.63) is 58.1 Å². The number of hydrogen-bond donors (Lipinski definition) is 2. The molecule has 0 aliphatic rings. The van der Waals surface area contributed by atoms with Crippen LogP contribution < -0.4 is 5.73 Å². The van der Waals surface area contributed by atoms with E-state index in [0.29, 0.717) is 5.56 Å². The van der Waals surface area contributed by atoms with Gasteiger partial charge in [0, 0.05) is 4.47 Å². The van der Waals surface area contributed by atoms with Gasteiger partial charge in [0.15, 0.2) is 0 Å². The topological polar surface area (TPSA) is 72.6 Å². The van der Waals surface area contributed by atoms with E-state index in [4.69, 9.17) is 10.5 Å². The van der Waals surface area contributed by atoms with Crippen LogP contribution >= 0.6 is 15.9 Å². The number of phenolic OH excluding ortho intramolecular Hbond substituents is 1. The lowest BCUT2D eigenvalue weighted by molar-refractivity contribution is 0.0473. The van der Waals surface area contributed by atoms with Crippen LogP contribution in [0.2, 0.25) is 0 Å². The summed E-state index contributed by atoms with van der Waals surface area (Å²) in [5.74, 6) is -0.529. The van der Waals surface area contributed by atoms with Crippen molar-refractivity contribution in [1.82, 2.24) is 0 Å². The van der Waals surface area contributed by atoms with Crippen molar-refractivity contribution in [3.8, 4) is 5.75 Å². The third kappa shape index (κ3) is 3.48. The monoisotopic (exact) mass is 321 g/mol. The third-order valence-electron chi connectivity index (χ3n) is 2.55. The Balaban J connectivity index is 2.01. The molecule has 0 aliphatic carbocycles. The van der Waals surface area contributed by atoms with Gasteiger partial charge in [0.2, 0.25) is 0 Å². The smallest absolute Gasteiger partial charge is 0.338 e. The average Bonchev–Trinajstić information content (AvgIpc) is 2.41. The fourth-order valence-corrected chi connectivity index (χ4v) is 1.76. The highest BCUT2D eigenvalue weighted by atomic mass is 79.9. The van der Waals surface area contributed by atoms with Gasteiger partial charge in [-0.1, -0.05) is 28.1 Å². The summed E-state index contributed by atoms with van der Waals surface area (Å²) in [7, 11) is 0. The molecule has 0 heterocycles. The molecule has 0 spiro atoms. The van der Waals surface area contributed by atoms with E-state index >= 15 is 0 Å². The number of carbonyl (C=O) groups is 1. The molecule has 0 bridgehead atoms. The molecular formula is C14H12BrNO3. The Morgan fingerprint density at radius 1 is 1.21 bits per heavy atom. The first-order chi connectivity index (χ1) is 9.06. The molecule has 0 amide bonds. The predicted octanol–water partition coefficient (Wildman–Crippen LogP) is 3.09. The van der Waals surface area contributed by atoms with E-state index < -0.39 is 5.97 Å². The highest BCUT2D eigenvalue weighted by molar-refractivity contribution is 9.10. The number of nitrogens with two attached hydrogens (primary N) is 1. The molecule has 3 N–H and O–H groups in total. The number of nitrogen functional groups attached to an aromatic ring is 1. The van der Waals surface area contributed by atoms with E-state index in [2.05, 4.69) is 15.9 Å². The summed E-state index contributed by atoms with van der Waals surface area (Å²) in [6.07, 6.45) is 0. The zero-order valence-electron chi connectivity index (χ0n) is 9.97. The van der Waals surface area contributed by atoms with E-state index in [-0.39, 0.29) is 18.0 Å². The molecule has 0 aliphatic heterocycles. The molecule has 0 atom stereocenters. The molecule has 2 aromatic carbocycles. The van der Waals surface area contributed by atoms with Crippen LogP contribution in [0, 0.1) is 0 Å². The summed E-state index contributed by atoms with van der Waals surface area (Å²) in [5.41, 5.74) is 6.87. The molecule has 0 fully saturated rings. The number of halogens is 1. The molecule has 2 rings (SSSR count). The van der Waals surface area contributed by atoms with Crippen molar-refractivity contribution >= 4 is 27.6 Å². The highest BCUT2D eigenvalue weighted by Crippen LogP contribution is 2.21. The van der Waals surface area contributed by atoms with Crippen molar-refractivity contribution < 1.29 is 14.6 Å². The molecule has 0 saturated carbocycles. The molecule has 98 valence electrons. The van der Waals surface area contributed by atoms with Crippen LogP contribution in [0.4, 0.5) is 5.69 Å². The minimum Gasteiger partial charge on any atom is -0.506 e. The molecule has 5 heteroatoms. The van der Waals surface area contributed by atoms with Crippen LogP contribution in [0.15, 0.2) is 46.9 Å². The standard InChI is InChI=1S/C14H12BrNO3/c15-11-4-1-9(2-5-11)8-19-14(18)10-3-6-13(17)12(16)7-10/h1-7,17H,8,16H2. The van der Waals surface area contributed by atoms with Crippen molar-refractivity contribution in [2.24, 2.45) is 0 Å². The molecule has 2 aromatic rings. The Morgan fingerprint density at radius 2 is 1.89 bits per heavy atom. The lowest BCUT2D eigenvalue weighted by Gasteiger charge is -2.06. The molecule has 19 heavy (non-hydrogen) atoms. The maximum Gasteiger partial charge on any atom is 0.338 e. The summed E-state index contributed by atoms with van der Waals surface area (Å²) < 4.78 is 6.12.